The molecular formula is C23H25BN2OS. The number of rotatable bonds is 5. The third-order valence-corrected chi connectivity index (χ3v) is 5.40. The highest BCUT2D eigenvalue weighted by atomic mass is 32.2. The number of phenolic OH excluding ortho intramolecular Hbond substituents is 1. The van der Waals surface area contributed by atoms with E-state index in [-0.39, 0.29) is 12.6 Å². The van der Waals surface area contributed by atoms with Gasteiger partial charge in [0.25, 0.3) is 0 Å². The molecule has 0 amide bonds. The Bertz CT molecular complexity index is 896. The fourth-order valence-corrected chi connectivity index (χ4v) is 3.92. The van der Waals surface area contributed by atoms with Crippen LogP contribution in [0.1, 0.15) is 11.1 Å². The predicted octanol–water partition coefficient (Wildman–Crippen LogP) is 3.68. The van der Waals surface area contributed by atoms with Gasteiger partial charge in [0.1, 0.15) is 5.75 Å². The van der Waals surface area contributed by atoms with E-state index in [4.69, 9.17) is 4.90 Å². The Balaban J connectivity index is 2.13. The summed E-state index contributed by atoms with van der Waals surface area (Å²) >= 11 is 1.56. The lowest BCUT2D eigenvalue weighted by Gasteiger charge is -2.18. The monoisotopic (exact) mass is 388 g/mol. The maximum absolute atomic E-state index is 10.8. The van der Waals surface area contributed by atoms with Crippen molar-refractivity contribution in [2.45, 2.75) is 6.92 Å². The standard InChI is InChI=1S/C23H25BN2OS/c1-17-15-20(26(2)3)16-21(27)22(17)23(28-4)25-24(18-11-7-5-8-12-18)19-13-9-6-10-14-19/h5-16,27H,1-4H3/b25-23+. The Labute approximate surface area is 172 Å². The van der Waals surface area contributed by atoms with Crippen molar-refractivity contribution < 1.29 is 5.11 Å². The number of benzene rings is 3. The van der Waals surface area contributed by atoms with Crippen molar-refractivity contribution in [3.63, 3.8) is 0 Å². The van der Waals surface area contributed by atoms with Gasteiger partial charge >= 0.3 is 6.85 Å². The second-order valence-corrected chi connectivity index (χ2v) is 7.71. The van der Waals surface area contributed by atoms with E-state index in [9.17, 15) is 5.11 Å². The molecule has 142 valence electrons. The lowest BCUT2D eigenvalue weighted by Crippen LogP contribution is -2.41. The van der Waals surface area contributed by atoms with Crippen molar-refractivity contribution in [2.75, 3.05) is 25.3 Å². The first-order chi connectivity index (χ1) is 13.5. The van der Waals surface area contributed by atoms with Gasteiger partial charge < -0.3 is 14.9 Å². The maximum atomic E-state index is 10.8. The lowest BCUT2D eigenvalue weighted by atomic mass is 9.51. The average Bonchev–Trinajstić information content (AvgIpc) is 2.71. The molecular weight excluding hydrogens is 363 g/mol. The molecule has 0 bridgehead atoms. The van der Waals surface area contributed by atoms with E-state index in [1.165, 1.54) is 0 Å². The summed E-state index contributed by atoms with van der Waals surface area (Å²) in [5.41, 5.74) is 5.04. The van der Waals surface area contributed by atoms with Crippen molar-refractivity contribution >= 4 is 40.3 Å². The van der Waals surface area contributed by atoms with Gasteiger partial charge in [-0.2, -0.15) is 0 Å². The number of nitrogens with zero attached hydrogens (tertiary/aromatic N) is 2. The third-order valence-electron chi connectivity index (χ3n) is 4.70. The first-order valence-corrected chi connectivity index (χ1v) is 10.5. The Kier molecular flexibility index (Phi) is 6.47. The molecule has 0 aliphatic heterocycles. The summed E-state index contributed by atoms with van der Waals surface area (Å²) in [6.07, 6.45) is 2.00. The smallest absolute Gasteiger partial charge is 0.345 e. The molecule has 3 aromatic rings. The number of aromatic hydroxyl groups is 1. The molecule has 1 N–H and O–H groups in total. The topological polar surface area (TPSA) is 35.8 Å². The molecule has 28 heavy (non-hydrogen) atoms. The van der Waals surface area contributed by atoms with Crippen molar-refractivity contribution in [1.29, 1.82) is 0 Å². The summed E-state index contributed by atoms with van der Waals surface area (Å²) in [5.74, 6) is 0.261. The van der Waals surface area contributed by atoms with Crippen molar-refractivity contribution in [1.82, 2.24) is 0 Å². The van der Waals surface area contributed by atoms with Crippen molar-refractivity contribution in [2.24, 2.45) is 4.90 Å². The zero-order chi connectivity index (χ0) is 20.1. The number of phenols is 1. The Hall–Kier alpha value is -2.66. The average molecular weight is 388 g/mol. The quantitative estimate of drug-likeness (QED) is 0.412. The van der Waals surface area contributed by atoms with Crippen LogP contribution in [0, 0.1) is 6.92 Å². The first-order valence-electron chi connectivity index (χ1n) is 9.24. The van der Waals surface area contributed by atoms with E-state index in [2.05, 4.69) is 30.3 Å². The molecule has 0 heterocycles. The van der Waals surface area contributed by atoms with Crippen LogP contribution in [0.15, 0.2) is 77.7 Å². The minimum absolute atomic E-state index is 0.128. The van der Waals surface area contributed by atoms with Crippen LogP contribution in [0.25, 0.3) is 0 Å². The molecule has 5 heteroatoms. The predicted molar refractivity (Wildman–Crippen MR) is 125 cm³/mol. The zero-order valence-electron chi connectivity index (χ0n) is 16.8. The van der Waals surface area contributed by atoms with Crippen LogP contribution < -0.4 is 15.8 Å². The largest absolute Gasteiger partial charge is 0.507 e. The van der Waals surface area contributed by atoms with Crippen molar-refractivity contribution in [3.05, 3.63) is 83.9 Å². The highest BCUT2D eigenvalue weighted by Crippen LogP contribution is 2.30. The van der Waals surface area contributed by atoms with Gasteiger partial charge in [-0.3, -0.25) is 0 Å². The Morgan fingerprint density at radius 1 is 0.929 bits per heavy atom. The fraction of sp³-hybridized carbons (Fsp3) is 0.174. The minimum atomic E-state index is -0.128. The highest BCUT2D eigenvalue weighted by Gasteiger charge is 2.22. The number of anilines is 1. The van der Waals surface area contributed by atoms with Gasteiger partial charge in [0.05, 0.1) is 5.04 Å². The number of hydrogen-bond donors (Lipinski definition) is 1. The molecule has 3 aromatic carbocycles. The van der Waals surface area contributed by atoms with Crippen molar-refractivity contribution in [3.8, 4) is 5.75 Å². The first kappa shape index (κ1) is 20.1. The minimum Gasteiger partial charge on any atom is -0.507 e. The second kappa shape index (κ2) is 9.02. The summed E-state index contributed by atoms with van der Waals surface area (Å²) in [7, 11) is 3.94. The van der Waals surface area contributed by atoms with E-state index < -0.39 is 0 Å². The molecule has 3 nitrogen and oxygen atoms in total. The van der Waals surface area contributed by atoms with Crippen LogP contribution >= 0.6 is 11.8 Å². The molecule has 0 unspecified atom stereocenters. The normalized spacial score (nSPS) is 11.4. The second-order valence-electron chi connectivity index (χ2n) is 6.91. The molecule has 0 saturated heterocycles. The van der Waals surface area contributed by atoms with Gasteiger partial charge in [-0.25, -0.2) is 0 Å². The summed E-state index contributed by atoms with van der Waals surface area (Å²) < 4.78 is 0. The van der Waals surface area contributed by atoms with E-state index in [0.717, 1.165) is 32.8 Å². The molecule has 0 aliphatic carbocycles. The fourth-order valence-electron chi connectivity index (χ4n) is 3.24. The molecule has 3 rings (SSSR count). The SMILES string of the molecule is CS/C(=N/B(c1ccccc1)c1ccccc1)c1c(C)cc(N(C)C)cc1O. The van der Waals surface area contributed by atoms with E-state index in [0.29, 0.717) is 0 Å². The summed E-state index contributed by atoms with van der Waals surface area (Å²) in [5, 5.41) is 11.6. The van der Waals surface area contributed by atoms with Crippen LogP contribution in [0.5, 0.6) is 5.75 Å². The zero-order valence-corrected chi connectivity index (χ0v) is 17.6. The van der Waals surface area contributed by atoms with Crippen LogP contribution in [0.4, 0.5) is 5.69 Å². The molecule has 0 radical (unpaired) electrons. The third kappa shape index (κ3) is 4.42. The van der Waals surface area contributed by atoms with Crippen LogP contribution in [0.2, 0.25) is 0 Å². The summed E-state index contributed by atoms with van der Waals surface area (Å²) in [6, 6.07) is 24.4. The molecule has 0 aliphatic rings. The van der Waals surface area contributed by atoms with Gasteiger partial charge in [0.15, 0.2) is 0 Å². The molecule has 0 saturated carbocycles. The van der Waals surface area contributed by atoms with E-state index in [1.54, 1.807) is 17.8 Å². The highest BCUT2D eigenvalue weighted by molar-refractivity contribution is 8.13. The van der Waals surface area contributed by atoms with E-state index in [1.807, 2.05) is 68.6 Å². The molecule has 0 atom stereocenters. The number of thioether (sulfide) groups is 1. The summed E-state index contributed by atoms with van der Waals surface area (Å²) in [4.78, 5) is 7.10. The van der Waals surface area contributed by atoms with Gasteiger partial charge in [-0.05, 0) is 35.7 Å². The Morgan fingerprint density at radius 3 is 1.89 bits per heavy atom. The van der Waals surface area contributed by atoms with Crippen LogP contribution in [-0.2, 0) is 0 Å². The molecule has 0 fully saturated rings. The van der Waals surface area contributed by atoms with Gasteiger partial charge in [-0.1, -0.05) is 60.7 Å². The lowest BCUT2D eigenvalue weighted by molar-refractivity contribution is 0.474. The molecule has 0 aromatic heterocycles. The van der Waals surface area contributed by atoms with Gasteiger partial charge in [-0.15, -0.1) is 11.8 Å². The van der Waals surface area contributed by atoms with Gasteiger partial charge in [0, 0.05) is 31.4 Å². The van der Waals surface area contributed by atoms with Gasteiger partial charge in [0.2, 0.25) is 0 Å². The number of hydrogen-bond acceptors (Lipinski definition) is 4. The van der Waals surface area contributed by atoms with Crippen LogP contribution in [0.3, 0.4) is 0 Å². The maximum Gasteiger partial charge on any atom is 0.345 e. The number of aryl methyl sites for hydroxylation is 1. The van der Waals surface area contributed by atoms with E-state index >= 15 is 0 Å². The van der Waals surface area contributed by atoms with Crippen LogP contribution in [-0.4, -0.2) is 37.3 Å². The molecule has 0 spiro atoms. The Morgan fingerprint density at radius 2 is 1.46 bits per heavy atom. The summed E-state index contributed by atoms with van der Waals surface area (Å²) in [6.45, 7) is 1.89.